The molecular formula is C15H29O3P. The van der Waals surface area contributed by atoms with Crippen molar-refractivity contribution in [3.8, 4) is 0 Å². The van der Waals surface area contributed by atoms with E-state index in [1.165, 1.54) is 0 Å². The molecule has 0 aromatic rings. The molecule has 0 saturated heterocycles. The lowest BCUT2D eigenvalue weighted by atomic mass is 10.3. The zero-order valence-electron chi connectivity index (χ0n) is 12.7. The van der Waals surface area contributed by atoms with Gasteiger partial charge in [-0.05, 0) is 39.0 Å². The topological polar surface area (TPSA) is 43.4 Å². The van der Waals surface area contributed by atoms with Crippen LogP contribution in [0.1, 0.15) is 52.9 Å². The molecule has 0 heterocycles. The molecule has 0 aromatic carbocycles. The molecule has 0 fully saturated rings. The normalized spacial score (nSPS) is 11.3. The van der Waals surface area contributed by atoms with Crippen molar-refractivity contribution in [2.24, 2.45) is 0 Å². The first-order valence-electron chi connectivity index (χ1n) is 7.35. The fraction of sp³-hybridized carbons (Fsp3) is 0.800. The lowest BCUT2D eigenvalue weighted by Crippen LogP contribution is -2.06. The Hall–Kier alpha value is -0.560. The fourth-order valence-electron chi connectivity index (χ4n) is 2.12. The number of rotatable bonds is 11. The Morgan fingerprint density at radius 3 is 2.11 bits per heavy atom. The van der Waals surface area contributed by atoms with E-state index in [2.05, 4.69) is 20.4 Å². The van der Waals surface area contributed by atoms with Crippen molar-refractivity contribution in [3.63, 3.8) is 0 Å². The number of hydrogen-bond acceptors (Lipinski definition) is 3. The largest absolute Gasteiger partial charge is 0.462 e. The van der Waals surface area contributed by atoms with Gasteiger partial charge in [0, 0.05) is 24.1 Å². The Bertz CT molecular complexity index is 313. The Labute approximate surface area is 118 Å². The Morgan fingerprint density at radius 1 is 1.05 bits per heavy atom. The summed E-state index contributed by atoms with van der Waals surface area (Å²) in [7, 11) is -1.92. The van der Waals surface area contributed by atoms with Gasteiger partial charge in [0.15, 0.2) is 0 Å². The molecular weight excluding hydrogens is 259 g/mol. The van der Waals surface area contributed by atoms with E-state index in [0.29, 0.717) is 12.2 Å². The smallest absolute Gasteiger partial charge is 0.333 e. The number of carbonyl (C=O) groups excluding carboxylic acids is 1. The average molecular weight is 288 g/mol. The number of esters is 1. The Morgan fingerprint density at radius 2 is 1.63 bits per heavy atom. The number of carbonyl (C=O) groups is 1. The van der Waals surface area contributed by atoms with Gasteiger partial charge < -0.3 is 9.30 Å². The van der Waals surface area contributed by atoms with Gasteiger partial charge in [-0.25, -0.2) is 4.79 Å². The summed E-state index contributed by atoms with van der Waals surface area (Å²) in [5.74, 6) is -0.317. The van der Waals surface area contributed by atoms with Gasteiger partial charge in [0.2, 0.25) is 0 Å². The van der Waals surface area contributed by atoms with Crippen LogP contribution >= 0.6 is 7.14 Å². The summed E-state index contributed by atoms with van der Waals surface area (Å²) in [6.45, 7) is 9.81. The molecule has 0 saturated carbocycles. The SMILES string of the molecule is C=C(C)C(=O)OCCCCCP(=O)(CCC)CCC. The van der Waals surface area contributed by atoms with E-state index in [1.54, 1.807) is 6.92 Å². The molecule has 19 heavy (non-hydrogen) atoms. The quantitative estimate of drug-likeness (QED) is 0.244. The van der Waals surface area contributed by atoms with Gasteiger partial charge in [-0.3, -0.25) is 0 Å². The van der Waals surface area contributed by atoms with E-state index in [-0.39, 0.29) is 5.97 Å². The lowest BCUT2D eigenvalue weighted by Gasteiger charge is -2.16. The summed E-state index contributed by atoms with van der Waals surface area (Å²) in [4.78, 5) is 11.1. The van der Waals surface area contributed by atoms with E-state index < -0.39 is 7.14 Å². The zero-order chi connectivity index (χ0) is 14.7. The lowest BCUT2D eigenvalue weighted by molar-refractivity contribution is -0.139. The van der Waals surface area contributed by atoms with Gasteiger partial charge >= 0.3 is 5.97 Å². The monoisotopic (exact) mass is 288 g/mol. The van der Waals surface area contributed by atoms with E-state index >= 15 is 0 Å². The zero-order valence-corrected chi connectivity index (χ0v) is 13.6. The molecule has 0 amide bonds. The molecule has 0 N–H and O–H groups in total. The van der Waals surface area contributed by atoms with Gasteiger partial charge in [-0.15, -0.1) is 0 Å². The minimum atomic E-state index is -1.92. The summed E-state index contributed by atoms with van der Waals surface area (Å²) in [5.41, 5.74) is 0.440. The molecule has 0 rings (SSSR count). The molecule has 0 atom stereocenters. The van der Waals surface area contributed by atoms with Gasteiger partial charge in [0.1, 0.15) is 0 Å². The molecule has 0 spiro atoms. The minimum Gasteiger partial charge on any atom is -0.462 e. The second kappa shape index (κ2) is 10.3. The van der Waals surface area contributed by atoms with E-state index in [9.17, 15) is 9.36 Å². The molecule has 112 valence electrons. The molecule has 0 radical (unpaired) electrons. The van der Waals surface area contributed by atoms with Crippen LogP contribution in [0.25, 0.3) is 0 Å². The highest BCUT2D eigenvalue weighted by atomic mass is 31.2. The maximum Gasteiger partial charge on any atom is 0.333 e. The van der Waals surface area contributed by atoms with Crippen molar-refractivity contribution in [1.29, 1.82) is 0 Å². The van der Waals surface area contributed by atoms with Crippen molar-refractivity contribution < 1.29 is 14.1 Å². The third-order valence-electron chi connectivity index (χ3n) is 3.05. The predicted molar refractivity (Wildman–Crippen MR) is 82.4 cm³/mol. The molecule has 0 bridgehead atoms. The van der Waals surface area contributed by atoms with Crippen LogP contribution in [0, 0.1) is 0 Å². The highest BCUT2D eigenvalue weighted by Crippen LogP contribution is 2.47. The van der Waals surface area contributed by atoms with E-state index in [0.717, 1.165) is 50.6 Å². The molecule has 0 aliphatic heterocycles. The van der Waals surface area contributed by atoms with Crippen LogP contribution in [0.3, 0.4) is 0 Å². The summed E-state index contributed by atoms with van der Waals surface area (Å²) in [6.07, 6.45) is 7.42. The Balaban J connectivity index is 3.74. The molecule has 4 heteroatoms. The maximum atomic E-state index is 12.5. The third kappa shape index (κ3) is 9.04. The van der Waals surface area contributed by atoms with Gasteiger partial charge in [-0.1, -0.05) is 20.4 Å². The van der Waals surface area contributed by atoms with Crippen LogP contribution in [0.5, 0.6) is 0 Å². The first-order valence-corrected chi connectivity index (χ1v) is 9.61. The van der Waals surface area contributed by atoms with Crippen LogP contribution < -0.4 is 0 Å². The van der Waals surface area contributed by atoms with Gasteiger partial charge in [-0.2, -0.15) is 0 Å². The molecule has 0 aromatic heterocycles. The summed E-state index contributed by atoms with van der Waals surface area (Å²) in [5, 5.41) is 0. The molecule has 0 aliphatic carbocycles. The number of hydrogen-bond donors (Lipinski definition) is 0. The standard InChI is InChI=1S/C15H29O3P/c1-5-11-19(17,12-6-2)13-9-7-8-10-18-15(16)14(3)4/h3,5-13H2,1-2,4H3. The minimum absolute atomic E-state index is 0.317. The highest BCUT2D eigenvalue weighted by molar-refractivity contribution is 7.63. The van der Waals surface area contributed by atoms with Crippen molar-refractivity contribution in [2.45, 2.75) is 52.9 Å². The van der Waals surface area contributed by atoms with Crippen molar-refractivity contribution in [1.82, 2.24) is 0 Å². The highest BCUT2D eigenvalue weighted by Gasteiger charge is 2.18. The first-order chi connectivity index (χ1) is 8.95. The molecule has 0 aliphatic rings. The number of ether oxygens (including phenoxy) is 1. The maximum absolute atomic E-state index is 12.5. The second-order valence-corrected chi connectivity index (χ2v) is 8.66. The summed E-state index contributed by atoms with van der Waals surface area (Å²) >= 11 is 0. The summed E-state index contributed by atoms with van der Waals surface area (Å²) < 4.78 is 17.6. The van der Waals surface area contributed by atoms with Crippen molar-refractivity contribution in [3.05, 3.63) is 12.2 Å². The Kier molecular flexibility index (Phi) is 9.95. The van der Waals surface area contributed by atoms with Crippen LogP contribution in [0.15, 0.2) is 12.2 Å². The number of unbranched alkanes of at least 4 members (excludes halogenated alkanes) is 2. The van der Waals surface area contributed by atoms with Crippen molar-refractivity contribution in [2.75, 3.05) is 25.1 Å². The van der Waals surface area contributed by atoms with Crippen molar-refractivity contribution >= 4 is 13.1 Å². The van der Waals surface area contributed by atoms with Crippen LogP contribution in [0.4, 0.5) is 0 Å². The van der Waals surface area contributed by atoms with E-state index in [4.69, 9.17) is 4.74 Å². The second-order valence-electron chi connectivity index (χ2n) is 5.21. The van der Waals surface area contributed by atoms with Gasteiger partial charge in [0.05, 0.1) is 13.7 Å². The molecule has 3 nitrogen and oxygen atoms in total. The first kappa shape index (κ1) is 18.4. The summed E-state index contributed by atoms with van der Waals surface area (Å²) in [6, 6.07) is 0. The van der Waals surface area contributed by atoms with Crippen LogP contribution in [0.2, 0.25) is 0 Å². The fourth-order valence-corrected chi connectivity index (χ4v) is 5.22. The van der Waals surface area contributed by atoms with E-state index in [1.807, 2.05) is 0 Å². The van der Waals surface area contributed by atoms with Crippen LogP contribution in [-0.4, -0.2) is 31.1 Å². The molecule has 0 unspecified atom stereocenters. The predicted octanol–water partition coefficient (Wildman–Crippen LogP) is 4.46. The van der Waals surface area contributed by atoms with Crippen LogP contribution in [-0.2, 0) is 14.1 Å². The van der Waals surface area contributed by atoms with Gasteiger partial charge in [0.25, 0.3) is 0 Å². The third-order valence-corrected chi connectivity index (χ3v) is 6.71. The average Bonchev–Trinajstić information content (AvgIpc) is 2.33.